The predicted molar refractivity (Wildman–Crippen MR) is 229 cm³/mol. The zero-order valence-electron chi connectivity index (χ0n) is 36.6. The Morgan fingerprint density at radius 3 is 2.41 bits per heavy atom. The Morgan fingerprint density at radius 1 is 1.10 bits per heavy atom. The summed E-state index contributed by atoms with van der Waals surface area (Å²) in [5.41, 5.74) is 5.21. The van der Waals surface area contributed by atoms with E-state index in [1.54, 1.807) is 25.3 Å². The molecule has 6 atom stereocenters. The number of ether oxygens (including phenoxy) is 1. The number of aromatic nitrogens is 1. The highest BCUT2D eigenvalue weighted by Gasteiger charge is 2.39. The van der Waals surface area contributed by atoms with Crippen LogP contribution in [0.3, 0.4) is 0 Å². The molecule has 15 heteroatoms. The molecule has 3 rings (SSSR count). The average molecular weight is 845 g/mol. The number of halogens is 1. The highest BCUT2D eigenvalue weighted by molar-refractivity contribution is 7.09. The lowest BCUT2D eigenvalue weighted by molar-refractivity contribution is -0.150. The number of hydrogen-bond donors (Lipinski definition) is 4. The van der Waals surface area contributed by atoms with Gasteiger partial charge in [0.05, 0.1) is 17.1 Å². The minimum atomic E-state index is -1.20. The molecule has 2 unspecified atom stereocenters. The summed E-state index contributed by atoms with van der Waals surface area (Å²) in [7, 11) is 1.95. The number of carboxylic acids is 1. The highest BCUT2D eigenvalue weighted by atomic mass is 32.1. The molecule has 0 saturated carbocycles. The SMILES string of the molecule is CCCCCCN(C(=O)[C@@H](NC(=O)C1CCCCN1C)[C@@H](C)CC)[C@H](C[C@@H](OC(C)=O)c1nc(C(=O)NC(Cc2ccc(F)c(N)c2)CC(C)(C)C(=O)O)cs1)C(C)C. The van der Waals surface area contributed by atoms with Crippen molar-refractivity contribution in [1.82, 2.24) is 25.4 Å². The number of esters is 1. The number of benzene rings is 1. The second-order valence-corrected chi connectivity index (χ2v) is 18.2. The van der Waals surface area contributed by atoms with E-state index in [4.69, 9.17) is 10.5 Å². The number of nitrogen functional groups attached to an aromatic ring is 1. The van der Waals surface area contributed by atoms with Crippen LogP contribution >= 0.6 is 11.3 Å². The summed E-state index contributed by atoms with van der Waals surface area (Å²) in [6.07, 6.45) is 6.69. The Kier molecular flexibility index (Phi) is 19.2. The van der Waals surface area contributed by atoms with Crippen molar-refractivity contribution in [2.45, 2.75) is 156 Å². The van der Waals surface area contributed by atoms with Crippen LogP contribution in [0.15, 0.2) is 23.6 Å². The summed E-state index contributed by atoms with van der Waals surface area (Å²) < 4.78 is 19.8. The molecule has 2 aromatic rings. The smallest absolute Gasteiger partial charge is 0.309 e. The fraction of sp³-hybridized carbons (Fsp3) is 0.682. The quantitative estimate of drug-likeness (QED) is 0.0509. The number of nitrogens with two attached hydrogens (primary N) is 1. The summed E-state index contributed by atoms with van der Waals surface area (Å²) >= 11 is 1.15. The van der Waals surface area contributed by atoms with Crippen LogP contribution in [0.1, 0.15) is 147 Å². The van der Waals surface area contributed by atoms with E-state index in [0.717, 1.165) is 62.8 Å². The van der Waals surface area contributed by atoms with Crippen LogP contribution in [0.2, 0.25) is 0 Å². The van der Waals surface area contributed by atoms with Crippen LogP contribution in [0, 0.1) is 23.1 Å². The van der Waals surface area contributed by atoms with Crippen molar-refractivity contribution in [2.24, 2.45) is 17.3 Å². The van der Waals surface area contributed by atoms with Gasteiger partial charge in [-0.2, -0.15) is 0 Å². The summed E-state index contributed by atoms with van der Waals surface area (Å²) in [6.45, 7) is 15.9. The maximum absolute atomic E-state index is 14.9. The maximum Gasteiger partial charge on any atom is 0.309 e. The van der Waals surface area contributed by atoms with Gasteiger partial charge in [0.15, 0.2) is 6.10 Å². The van der Waals surface area contributed by atoms with Gasteiger partial charge in [-0.25, -0.2) is 9.37 Å². The first-order chi connectivity index (χ1) is 27.8. The third-order valence-corrected chi connectivity index (χ3v) is 12.5. The van der Waals surface area contributed by atoms with Gasteiger partial charge in [0.25, 0.3) is 5.91 Å². The highest BCUT2D eigenvalue weighted by Crippen LogP contribution is 2.32. The van der Waals surface area contributed by atoms with E-state index in [1.165, 1.54) is 19.1 Å². The Balaban J connectivity index is 1.95. The first-order valence-corrected chi connectivity index (χ1v) is 22.2. The average Bonchev–Trinajstić information content (AvgIpc) is 3.67. The summed E-state index contributed by atoms with van der Waals surface area (Å²) in [5, 5.41) is 17.9. The van der Waals surface area contributed by atoms with Crippen molar-refractivity contribution < 1.29 is 38.2 Å². The van der Waals surface area contributed by atoms with Gasteiger partial charge in [0.1, 0.15) is 22.6 Å². The molecule has 1 aromatic heterocycles. The fourth-order valence-electron chi connectivity index (χ4n) is 7.73. The molecule has 330 valence electrons. The van der Waals surface area contributed by atoms with Crippen molar-refractivity contribution in [1.29, 1.82) is 0 Å². The van der Waals surface area contributed by atoms with Crippen molar-refractivity contribution in [3.63, 3.8) is 0 Å². The first kappa shape index (κ1) is 49.3. The number of anilines is 1. The van der Waals surface area contributed by atoms with E-state index in [9.17, 15) is 33.5 Å². The van der Waals surface area contributed by atoms with Crippen molar-refractivity contribution in [2.75, 3.05) is 25.9 Å². The molecule has 0 bridgehead atoms. The molecule has 3 amide bonds. The van der Waals surface area contributed by atoms with Crippen LogP contribution in [-0.2, 0) is 30.3 Å². The maximum atomic E-state index is 14.9. The van der Waals surface area contributed by atoms with E-state index in [-0.39, 0.29) is 60.3 Å². The minimum Gasteiger partial charge on any atom is -0.481 e. The molecule has 1 fully saturated rings. The zero-order chi connectivity index (χ0) is 44.0. The Hall–Kier alpha value is -4.11. The molecule has 13 nitrogen and oxygen atoms in total. The number of hydrogen-bond acceptors (Lipinski definition) is 10. The van der Waals surface area contributed by atoms with Gasteiger partial charge in [0.2, 0.25) is 11.8 Å². The fourth-order valence-corrected chi connectivity index (χ4v) is 8.56. The molecule has 1 saturated heterocycles. The summed E-state index contributed by atoms with van der Waals surface area (Å²) in [4.78, 5) is 75.6. The topological polar surface area (TPSA) is 184 Å². The number of nitrogens with one attached hydrogen (secondary N) is 2. The molecule has 0 radical (unpaired) electrons. The Labute approximate surface area is 354 Å². The van der Waals surface area contributed by atoms with Crippen LogP contribution in [-0.4, -0.2) is 93.9 Å². The number of likely N-dealkylation sites (tertiary alicyclic amines) is 1. The molecule has 0 aliphatic carbocycles. The Bertz CT molecular complexity index is 1720. The lowest BCUT2D eigenvalue weighted by atomic mass is 9.84. The monoisotopic (exact) mass is 844 g/mol. The number of carboxylic acid groups (broad SMARTS) is 1. The van der Waals surface area contributed by atoms with Gasteiger partial charge in [0, 0.05) is 37.4 Å². The summed E-state index contributed by atoms with van der Waals surface area (Å²) in [6, 6.07) is 2.10. The molecule has 59 heavy (non-hydrogen) atoms. The van der Waals surface area contributed by atoms with Crippen LogP contribution < -0.4 is 16.4 Å². The lowest BCUT2D eigenvalue weighted by Crippen LogP contribution is -2.59. The number of piperidine rings is 1. The number of unbranched alkanes of at least 4 members (excludes halogenated alkanes) is 3. The van der Waals surface area contributed by atoms with Gasteiger partial charge in [-0.3, -0.25) is 28.9 Å². The molecule has 1 aliphatic rings. The first-order valence-electron chi connectivity index (χ1n) is 21.3. The van der Waals surface area contributed by atoms with E-state index in [0.29, 0.717) is 23.5 Å². The van der Waals surface area contributed by atoms with Crippen LogP contribution in [0.25, 0.3) is 0 Å². The molecule has 2 heterocycles. The third kappa shape index (κ3) is 14.5. The molecular weight excluding hydrogens is 776 g/mol. The Morgan fingerprint density at radius 2 is 1.81 bits per heavy atom. The minimum absolute atomic E-state index is 0.0553. The largest absolute Gasteiger partial charge is 0.481 e. The number of carbonyl (C=O) groups excluding carboxylic acids is 4. The molecule has 1 aliphatic heterocycles. The number of likely N-dealkylation sites (N-methyl/N-ethyl adjacent to an activating group) is 1. The van der Waals surface area contributed by atoms with Crippen LogP contribution in [0.5, 0.6) is 0 Å². The van der Waals surface area contributed by atoms with Gasteiger partial charge in [-0.05, 0) is 89.1 Å². The van der Waals surface area contributed by atoms with E-state index in [2.05, 4.69) is 27.4 Å². The number of nitrogens with zero attached hydrogens (tertiary/aromatic N) is 3. The number of carbonyl (C=O) groups is 5. The van der Waals surface area contributed by atoms with E-state index >= 15 is 0 Å². The van der Waals surface area contributed by atoms with Crippen LogP contribution in [0.4, 0.5) is 10.1 Å². The number of aliphatic carboxylic acids is 1. The number of amides is 3. The number of thiazole rings is 1. The van der Waals surface area contributed by atoms with Gasteiger partial charge in [-0.1, -0.05) is 72.8 Å². The number of rotatable bonds is 23. The lowest BCUT2D eigenvalue weighted by Gasteiger charge is -2.40. The van der Waals surface area contributed by atoms with Gasteiger partial charge in [-0.15, -0.1) is 11.3 Å². The second kappa shape index (κ2) is 23.0. The normalized spacial score (nSPS) is 17.4. The predicted octanol–water partition coefficient (Wildman–Crippen LogP) is 7.15. The van der Waals surface area contributed by atoms with Gasteiger partial charge >= 0.3 is 11.9 Å². The zero-order valence-corrected chi connectivity index (χ0v) is 37.5. The summed E-state index contributed by atoms with van der Waals surface area (Å²) in [5.74, 6) is -3.24. The second-order valence-electron chi connectivity index (χ2n) is 17.3. The van der Waals surface area contributed by atoms with E-state index < -0.39 is 53.3 Å². The van der Waals surface area contributed by atoms with Gasteiger partial charge < -0.3 is 31.1 Å². The van der Waals surface area contributed by atoms with E-state index in [1.807, 2.05) is 39.6 Å². The molecule has 0 spiro atoms. The third-order valence-electron chi connectivity index (χ3n) is 11.6. The van der Waals surface area contributed by atoms with Crippen molar-refractivity contribution in [3.8, 4) is 0 Å². The molecule has 5 N–H and O–H groups in total. The standard InChI is InChI=1S/C44H69FN6O7S/c1-10-12-13-15-21-51(42(55)38(28(5)11-2)49-40(54)35-17-14-16-20-50(35)9)36(27(3)4)24-37(58-29(6)52)41-48-34(26-59-41)39(53)47-31(25-44(7,8)43(56)57)22-30-18-19-32(45)33(46)23-30/h18-19,23,26-28,31,35-38H,10-17,20-22,24-25,46H2,1-9H3,(H,47,53)(H,49,54)(H,56,57)/t28-,31?,35?,36+,37+,38-/m0/s1. The molecular formula is C44H69FN6O7S. The van der Waals surface area contributed by atoms with Crippen molar-refractivity contribution in [3.05, 3.63) is 45.7 Å². The van der Waals surface area contributed by atoms with Crippen molar-refractivity contribution >= 4 is 46.7 Å². The molecule has 1 aromatic carbocycles.